The van der Waals surface area contributed by atoms with Gasteiger partial charge >= 0.3 is 5.82 Å². The zero-order valence-corrected chi connectivity index (χ0v) is 23.9. The number of pyridine rings is 2. The fourth-order valence-electron chi connectivity index (χ4n) is 6.86. The summed E-state index contributed by atoms with van der Waals surface area (Å²) < 4.78 is 2.25. The van der Waals surface area contributed by atoms with E-state index in [1.165, 1.54) is 44.3 Å². The van der Waals surface area contributed by atoms with Crippen molar-refractivity contribution in [2.24, 2.45) is 0 Å². The first-order chi connectivity index (χ1) is 21.8. The predicted molar refractivity (Wildman–Crippen MR) is 182 cm³/mol. The lowest BCUT2D eigenvalue weighted by atomic mass is 9.95. The Bertz CT molecular complexity index is 2250. The minimum Gasteiger partial charge on any atom is -0.308 e. The Morgan fingerprint density at radius 3 is 2.18 bits per heavy atom. The number of hydrogen-bond acceptors (Lipinski definition) is 3. The van der Waals surface area contributed by atoms with Gasteiger partial charge in [-0.1, -0.05) is 97.1 Å². The van der Waals surface area contributed by atoms with Crippen molar-refractivity contribution >= 4 is 45.6 Å². The largest absolute Gasteiger partial charge is 0.333 e. The van der Waals surface area contributed by atoms with Crippen molar-refractivity contribution in [3.8, 4) is 33.4 Å². The molecule has 2 aliphatic heterocycles. The number of rotatable bonds is 3. The first-order valence-electron chi connectivity index (χ1n) is 15.0. The van der Waals surface area contributed by atoms with Crippen molar-refractivity contribution in [1.29, 1.82) is 0 Å². The number of hydrogen-bond donors (Lipinski definition) is 0. The summed E-state index contributed by atoms with van der Waals surface area (Å²) in [6, 6.07) is 45.3. The molecule has 4 heteroatoms. The van der Waals surface area contributed by atoms with Crippen LogP contribution in [0.2, 0.25) is 0 Å². The Labute approximate surface area is 255 Å². The summed E-state index contributed by atoms with van der Waals surface area (Å²) in [6.45, 7) is 0. The van der Waals surface area contributed by atoms with Crippen molar-refractivity contribution in [3.05, 3.63) is 152 Å². The number of para-hydroxylation sites is 1. The standard InChI is InChI=1S/C40H27N4/c1-2-11-30(12-3-1)44-38-21-23-41-25-36(38)33-14-6-7-15-34(33)37-26-42-40-35(39(37)44)22-24-43(40)29-19-17-28(18-20-29)32-16-8-10-27-9-4-5-13-31(27)32/h1-21,23-26H,22H2/q+1. The van der Waals surface area contributed by atoms with Crippen LogP contribution in [0.15, 0.2) is 146 Å². The molecule has 0 spiro atoms. The molecule has 0 saturated heterocycles. The van der Waals surface area contributed by atoms with Crippen LogP contribution >= 0.6 is 0 Å². The third kappa shape index (κ3) is 3.74. The lowest BCUT2D eigenvalue weighted by Gasteiger charge is -2.27. The molecular formula is C40H27N4+. The molecule has 0 saturated carbocycles. The Morgan fingerprint density at radius 2 is 1.32 bits per heavy atom. The van der Waals surface area contributed by atoms with Crippen molar-refractivity contribution in [1.82, 2.24) is 14.5 Å². The summed E-state index contributed by atoms with van der Waals surface area (Å²) in [4.78, 5) is 12.1. The molecule has 0 aliphatic carbocycles. The van der Waals surface area contributed by atoms with Gasteiger partial charge in [0.15, 0.2) is 0 Å². The zero-order chi connectivity index (χ0) is 29.0. The summed E-state index contributed by atoms with van der Waals surface area (Å²) in [7, 11) is 0. The van der Waals surface area contributed by atoms with Gasteiger partial charge in [-0.25, -0.2) is 0 Å². The van der Waals surface area contributed by atoms with Gasteiger partial charge in [-0.2, -0.15) is 4.58 Å². The molecule has 0 fully saturated rings. The van der Waals surface area contributed by atoms with Crippen molar-refractivity contribution < 1.29 is 0 Å². The number of benzene rings is 5. The molecule has 0 bridgehead atoms. The molecule has 2 aromatic heterocycles. The van der Waals surface area contributed by atoms with Crippen LogP contribution in [-0.2, 0) is 6.42 Å². The van der Waals surface area contributed by atoms with E-state index >= 15 is 0 Å². The fraction of sp³-hybridized carbons (Fsp3) is 0.0250. The first kappa shape index (κ1) is 24.7. The highest BCUT2D eigenvalue weighted by Gasteiger charge is 2.36. The SMILES string of the molecule is C1=[N+](c2ccc(-c3cccc4ccccc34)cc2)c2ncc3c(c2C1)N(c1ccccc1)c1ccncc1-c1ccccc1-3. The van der Waals surface area contributed by atoms with E-state index in [0.29, 0.717) is 0 Å². The number of nitrogens with zero attached hydrogens (tertiary/aromatic N) is 4. The van der Waals surface area contributed by atoms with Crippen molar-refractivity contribution in [2.45, 2.75) is 6.42 Å². The number of aromatic nitrogens is 2. The highest BCUT2D eigenvalue weighted by Crippen LogP contribution is 2.53. The molecule has 4 heterocycles. The summed E-state index contributed by atoms with van der Waals surface area (Å²) in [5, 5.41) is 2.52. The quantitative estimate of drug-likeness (QED) is 0.201. The molecule has 5 aromatic carbocycles. The Kier molecular flexibility index (Phi) is 5.53. The third-order valence-corrected chi connectivity index (χ3v) is 8.86. The summed E-state index contributed by atoms with van der Waals surface area (Å²) in [6.07, 6.45) is 8.97. The third-order valence-electron chi connectivity index (χ3n) is 8.86. The highest BCUT2D eigenvalue weighted by molar-refractivity contribution is 6.05. The molecule has 0 amide bonds. The molecule has 9 rings (SSSR count). The van der Waals surface area contributed by atoms with E-state index in [0.717, 1.165) is 40.4 Å². The molecule has 44 heavy (non-hydrogen) atoms. The summed E-state index contributed by atoms with van der Waals surface area (Å²) in [5.74, 6) is 0.970. The Morgan fingerprint density at radius 1 is 0.591 bits per heavy atom. The fourth-order valence-corrected chi connectivity index (χ4v) is 6.86. The topological polar surface area (TPSA) is 32.0 Å². The van der Waals surface area contributed by atoms with E-state index in [1.807, 2.05) is 12.4 Å². The minimum atomic E-state index is 0.780. The lowest BCUT2D eigenvalue weighted by molar-refractivity contribution is 1.04. The van der Waals surface area contributed by atoms with Crippen molar-refractivity contribution in [2.75, 3.05) is 4.90 Å². The maximum Gasteiger partial charge on any atom is 0.333 e. The van der Waals surface area contributed by atoms with Crippen LogP contribution in [0.3, 0.4) is 0 Å². The van der Waals surface area contributed by atoms with Gasteiger partial charge < -0.3 is 4.90 Å². The molecule has 2 aliphatic rings. The van der Waals surface area contributed by atoms with Crippen LogP contribution in [0.5, 0.6) is 0 Å². The van der Waals surface area contributed by atoms with Crippen LogP contribution in [0.4, 0.5) is 28.6 Å². The van der Waals surface area contributed by atoms with Gasteiger partial charge in [-0.15, -0.1) is 0 Å². The maximum absolute atomic E-state index is 5.14. The monoisotopic (exact) mass is 563 g/mol. The van der Waals surface area contributed by atoms with Crippen molar-refractivity contribution in [3.63, 3.8) is 0 Å². The second-order valence-electron chi connectivity index (χ2n) is 11.3. The molecular weight excluding hydrogens is 536 g/mol. The molecule has 206 valence electrons. The second kappa shape index (κ2) is 9.85. The van der Waals surface area contributed by atoms with Gasteiger partial charge in [0.2, 0.25) is 0 Å². The second-order valence-corrected chi connectivity index (χ2v) is 11.3. The predicted octanol–water partition coefficient (Wildman–Crippen LogP) is 9.88. The Balaban J connectivity index is 1.20. The summed E-state index contributed by atoms with van der Waals surface area (Å²) >= 11 is 0. The molecule has 0 unspecified atom stereocenters. The van der Waals surface area contributed by atoms with E-state index in [4.69, 9.17) is 4.98 Å². The molecule has 4 nitrogen and oxygen atoms in total. The molecule has 0 atom stereocenters. The number of fused-ring (bicyclic) bond motifs is 8. The van der Waals surface area contributed by atoms with E-state index in [-0.39, 0.29) is 0 Å². The molecule has 0 radical (unpaired) electrons. The van der Waals surface area contributed by atoms with Crippen LogP contribution in [0.25, 0.3) is 44.2 Å². The number of anilines is 3. The van der Waals surface area contributed by atoms with Crippen LogP contribution < -0.4 is 9.48 Å². The zero-order valence-electron chi connectivity index (χ0n) is 23.9. The van der Waals surface area contributed by atoms with Gasteiger partial charge in [-0.05, 0) is 68.3 Å². The summed E-state index contributed by atoms with van der Waals surface area (Å²) in [5.41, 5.74) is 12.7. The maximum atomic E-state index is 5.14. The van der Waals surface area contributed by atoms with Gasteiger partial charge in [0, 0.05) is 30.1 Å². The average Bonchev–Trinajstić information content (AvgIpc) is 3.48. The first-order valence-corrected chi connectivity index (χ1v) is 15.0. The molecule has 7 aromatic rings. The smallest absolute Gasteiger partial charge is 0.308 e. The average molecular weight is 564 g/mol. The van der Waals surface area contributed by atoms with Gasteiger partial charge in [0.05, 0.1) is 28.7 Å². The lowest BCUT2D eigenvalue weighted by Crippen LogP contribution is -2.14. The molecule has 0 N–H and O–H groups in total. The Hall–Kier alpha value is -5.87. The van der Waals surface area contributed by atoms with Crippen LogP contribution in [0.1, 0.15) is 5.56 Å². The van der Waals surface area contributed by atoms with Gasteiger partial charge in [0.25, 0.3) is 0 Å². The van der Waals surface area contributed by atoms with Gasteiger partial charge in [0.1, 0.15) is 11.9 Å². The highest BCUT2D eigenvalue weighted by atomic mass is 15.2. The minimum absolute atomic E-state index is 0.780. The van der Waals surface area contributed by atoms with E-state index in [1.54, 1.807) is 0 Å². The normalized spacial score (nSPS) is 13.0. The van der Waals surface area contributed by atoms with Crippen LogP contribution in [0, 0.1) is 0 Å². The van der Waals surface area contributed by atoms with Crippen LogP contribution in [-0.4, -0.2) is 16.2 Å². The van der Waals surface area contributed by atoms with Gasteiger partial charge in [-0.3, -0.25) is 4.98 Å². The van der Waals surface area contributed by atoms with E-state index in [9.17, 15) is 0 Å². The van der Waals surface area contributed by atoms with E-state index < -0.39 is 0 Å². The van der Waals surface area contributed by atoms with E-state index in [2.05, 4.69) is 154 Å².